The van der Waals surface area contributed by atoms with E-state index >= 15 is 0 Å². The monoisotopic (exact) mass is 286 g/mol. The molecule has 4 N–H and O–H groups in total. The summed E-state index contributed by atoms with van der Waals surface area (Å²) in [6, 6.07) is 3.90. The minimum absolute atomic E-state index is 0.0537. The zero-order chi connectivity index (χ0) is 14.7. The fourth-order valence-corrected chi connectivity index (χ4v) is 3.66. The zero-order valence-corrected chi connectivity index (χ0v) is 12.4. The number of hydrogen-bond donors (Lipinski definition) is 3. The van der Waals surface area contributed by atoms with Gasteiger partial charge in [-0.3, -0.25) is 0 Å². The molecule has 0 heterocycles. The lowest BCUT2D eigenvalue weighted by atomic mass is 9.91. The number of anilines is 1. The maximum atomic E-state index is 12.3. The van der Waals surface area contributed by atoms with Crippen LogP contribution in [0, 0.1) is 0 Å². The first kappa shape index (κ1) is 15.8. The molecule has 0 amide bonds. The van der Waals surface area contributed by atoms with E-state index in [9.17, 15) is 13.5 Å². The van der Waals surface area contributed by atoms with Crippen LogP contribution in [0.15, 0.2) is 23.1 Å². The van der Waals surface area contributed by atoms with E-state index in [1.54, 1.807) is 0 Å². The van der Waals surface area contributed by atoms with Gasteiger partial charge >= 0.3 is 0 Å². The number of rotatable bonds is 6. The number of phenols is 1. The number of nitrogens with two attached hydrogens (primary N) is 1. The average Bonchev–Trinajstić information content (AvgIpc) is 2.39. The summed E-state index contributed by atoms with van der Waals surface area (Å²) in [4.78, 5) is 0.0718. The van der Waals surface area contributed by atoms with Gasteiger partial charge in [0.05, 0.1) is 10.6 Å². The van der Waals surface area contributed by atoms with Gasteiger partial charge in [0, 0.05) is 5.54 Å². The summed E-state index contributed by atoms with van der Waals surface area (Å²) < 4.78 is 27.4. The van der Waals surface area contributed by atoms with Crippen LogP contribution in [0.5, 0.6) is 5.75 Å². The first-order valence-electron chi connectivity index (χ1n) is 6.42. The van der Waals surface area contributed by atoms with E-state index in [-0.39, 0.29) is 16.3 Å². The second-order valence-corrected chi connectivity index (χ2v) is 6.35. The minimum atomic E-state index is -3.63. The van der Waals surface area contributed by atoms with E-state index in [1.807, 2.05) is 20.8 Å². The highest BCUT2D eigenvalue weighted by Crippen LogP contribution is 2.26. The van der Waals surface area contributed by atoms with Crippen molar-refractivity contribution >= 4 is 15.7 Å². The summed E-state index contributed by atoms with van der Waals surface area (Å²) in [6.07, 6.45) is 2.15. The molecule has 0 spiro atoms. The average molecular weight is 286 g/mol. The molecule has 0 aliphatic heterocycles. The fraction of sp³-hybridized carbons (Fsp3) is 0.538. The van der Waals surface area contributed by atoms with Gasteiger partial charge in [-0.1, -0.05) is 20.8 Å². The molecule has 0 saturated heterocycles. The molecule has 0 unspecified atom stereocenters. The lowest BCUT2D eigenvalue weighted by molar-refractivity contribution is 0.341. The van der Waals surface area contributed by atoms with Crippen LogP contribution < -0.4 is 10.5 Å². The van der Waals surface area contributed by atoms with Crippen LogP contribution in [-0.2, 0) is 10.0 Å². The van der Waals surface area contributed by atoms with Gasteiger partial charge in [-0.25, -0.2) is 13.1 Å². The number of nitrogens with one attached hydrogen (secondary N) is 1. The molecular weight excluding hydrogens is 264 g/mol. The van der Waals surface area contributed by atoms with E-state index in [0.29, 0.717) is 19.3 Å². The van der Waals surface area contributed by atoms with Crippen molar-refractivity contribution in [2.75, 3.05) is 5.73 Å². The van der Waals surface area contributed by atoms with Crippen LogP contribution >= 0.6 is 0 Å². The molecule has 1 aromatic carbocycles. The Balaban J connectivity index is 3.14. The number of nitrogen functional groups attached to an aromatic ring is 1. The van der Waals surface area contributed by atoms with Crippen molar-refractivity contribution in [3.63, 3.8) is 0 Å². The summed E-state index contributed by atoms with van der Waals surface area (Å²) >= 11 is 0. The molecule has 19 heavy (non-hydrogen) atoms. The van der Waals surface area contributed by atoms with Crippen molar-refractivity contribution in [3.05, 3.63) is 18.2 Å². The molecule has 5 nitrogen and oxygen atoms in total. The van der Waals surface area contributed by atoms with Crippen molar-refractivity contribution < 1.29 is 13.5 Å². The van der Waals surface area contributed by atoms with E-state index in [2.05, 4.69) is 4.72 Å². The van der Waals surface area contributed by atoms with E-state index < -0.39 is 15.6 Å². The molecule has 0 aliphatic rings. The first-order valence-corrected chi connectivity index (χ1v) is 7.91. The Morgan fingerprint density at radius 3 is 2.16 bits per heavy atom. The highest BCUT2D eigenvalue weighted by Gasteiger charge is 2.30. The summed E-state index contributed by atoms with van der Waals surface area (Å²) in [6.45, 7) is 5.88. The SMILES string of the molecule is CCC(CC)(CC)NS(=O)(=O)c1ccc(O)c(N)c1. The normalized spacial score (nSPS) is 12.6. The van der Waals surface area contributed by atoms with Gasteiger partial charge < -0.3 is 10.8 Å². The molecule has 0 aromatic heterocycles. The quantitative estimate of drug-likeness (QED) is 0.552. The molecule has 6 heteroatoms. The maximum absolute atomic E-state index is 12.3. The maximum Gasteiger partial charge on any atom is 0.241 e. The second-order valence-electron chi connectivity index (χ2n) is 4.67. The predicted octanol–water partition coefficient (Wildman–Crippen LogP) is 2.22. The number of benzene rings is 1. The summed E-state index contributed by atoms with van der Waals surface area (Å²) in [5, 5.41) is 9.34. The largest absolute Gasteiger partial charge is 0.506 e. The number of sulfonamides is 1. The van der Waals surface area contributed by atoms with Crippen molar-refractivity contribution in [2.45, 2.75) is 50.5 Å². The van der Waals surface area contributed by atoms with Crippen molar-refractivity contribution in [1.82, 2.24) is 4.72 Å². The summed E-state index contributed by atoms with van der Waals surface area (Å²) in [7, 11) is -3.63. The second kappa shape index (κ2) is 5.79. The molecule has 1 rings (SSSR count). The Bertz CT molecular complexity index is 529. The lowest BCUT2D eigenvalue weighted by Gasteiger charge is -2.31. The minimum Gasteiger partial charge on any atom is -0.506 e. The van der Waals surface area contributed by atoms with E-state index in [4.69, 9.17) is 5.73 Å². The van der Waals surface area contributed by atoms with Crippen LogP contribution in [0.25, 0.3) is 0 Å². The van der Waals surface area contributed by atoms with E-state index in [0.717, 1.165) is 0 Å². The molecular formula is C13H22N2O3S. The lowest BCUT2D eigenvalue weighted by Crippen LogP contribution is -2.46. The standard InChI is InChI=1S/C13H22N2O3S/c1-4-13(5-2,6-3)15-19(17,18)10-7-8-12(16)11(14)9-10/h7-9,15-16H,4-6,14H2,1-3H3. The molecule has 0 bridgehead atoms. The van der Waals surface area contributed by atoms with Crippen LogP contribution in [0.4, 0.5) is 5.69 Å². The predicted molar refractivity (Wildman–Crippen MR) is 76.4 cm³/mol. The topological polar surface area (TPSA) is 92.4 Å². The summed E-state index contributed by atoms with van der Waals surface area (Å²) in [5.41, 5.74) is 5.15. The fourth-order valence-electron chi connectivity index (χ4n) is 2.01. The van der Waals surface area contributed by atoms with Crippen molar-refractivity contribution in [2.24, 2.45) is 0 Å². The first-order chi connectivity index (χ1) is 8.80. The van der Waals surface area contributed by atoms with Crippen molar-refractivity contribution in [3.8, 4) is 5.75 Å². The Morgan fingerprint density at radius 1 is 1.21 bits per heavy atom. The van der Waals surface area contributed by atoms with Gasteiger partial charge in [0.15, 0.2) is 0 Å². The molecule has 0 saturated carbocycles. The molecule has 108 valence electrons. The Labute approximate surface area is 114 Å². The third-order valence-electron chi connectivity index (χ3n) is 3.69. The third kappa shape index (κ3) is 3.39. The molecule has 0 fully saturated rings. The zero-order valence-electron chi connectivity index (χ0n) is 11.6. The van der Waals surface area contributed by atoms with Gasteiger partial charge in [-0.15, -0.1) is 0 Å². The Kier molecular flexibility index (Phi) is 4.81. The van der Waals surface area contributed by atoms with Gasteiger partial charge in [0.2, 0.25) is 10.0 Å². The Morgan fingerprint density at radius 2 is 1.74 bits per heavy atom. The molecule has 0 radical (unpaired) electrons. The highest BCUT2D eigenvalue weighted by atomic mass is 32.2. The smallest absolute Gasteiger partial charge is 0.241 e. The van der Waals surface area contributed by atoms with Gasteiger partial charge in [0.25, 0.3) is 0 Å². The van der Waals surface area contributed by atoms with Gasteiger partial charge in [-0.05, 0) is 37.5 Å². The van der Waals surface area contributed by atoms with Gasteiger partial charge in [0.1, 0.15) is 5.75 Å². The Hall–Kier alpha value is -1.27. The van der Waals surface area contributed by atoms with E-state index in [1.165, 1.54) is 18.2 Å². The summed E-state index contributed by atoms with van der Waals surface area (Å²) in [5.74, 6) is -0.119. The van der Waals surface area contributed by atoms with Crippen LogP contribution in [0.1, 0.15) is 40.0 Å². The van der Waals surface area contributed by atoms with Crippen LogP contribution in [0.2, 0.25) is 0 Å². The number of hydrogen-bond acceptors (Lipinski definition) is 4. The van der Waals surface area contributed by atoms with Gasteiger partial charge in [-0.2, -0.15) is 0 Å². The van der Waals surface area contributed by atoms with Crippen LogP contribution in [0.3, 0.4) is 0 Å². The third-order valence-corrected chi connectivity index (χ3v) is 5.27. The number of aromatic hydroxyl groups is 1. The highest BCUT2D eigenvalue weighted by molar-refractivity contribution is 7.89. The molecule has 0 aliphatic carbocycles. The number of phenolic OH excluding ortho intramolecular Hbond substituents is 1. The van der Waals surface area contributed by atoms with Crippen LogP contribution in [-0.4, -0.2) is 19.1 Å². The van der Waals surface area contributed by atoms with Crippen molar-refractivity contribution in [1.29, 1.82) is 0 Å². The molecule has 0 atom stereocenters. The molecule has 1 aromatic rings.